The van der Waals surface area contributed by atoms with Gasteiger partial charge in [-0.3, -0.25) is 4.79 Å². The Balaban J connectivity index is 2.28. The van der Waals surface area contributed by atoms with Crippen LogP contribution in [-0.4, -0.2) is 24.1 Å². The molecule has 0 bridgehead atoms. The number of sulfone groups is 1. The SMILES string of the molecule is CC(C)(C)c1cc(CC(=O)C(C)(C)S(=O)(=O)c2ccc(C(F)(F)F)cc2)no1. The van der Waals surface area contributed by atoms with Crippen molar-refractivity contribution in [3.8, 4) is 0 Å². The number of aromatic nitrogens is 1. The standard InChI is InChI=1S/C19H22F3NO4S/c1-17(2,3)16-11-13(23-27-16)10-15(24)18(4,5)28(25,26)14-8-6-12(7-9-14)19(20,21)22/h6-9,11H,10H2,1-5H3. The van der Waals surface area contributed by atoms with Crippen LogP contribution in [0.25, 0.3) is 0 Å². The van der Waals surface area contributed by atoms with Crippen LogP contribution < -0.4 is 0 Å². The average Bonchev–Trinajstić information content (AvgIpc) is 3.02. The van der Waals surface area contributed by atoms with Crippen molar-refractivity contribution in [1.82, 2.24) is 5.16 Å². The van der Waals surface area contributed by atoms with Crippen LogP contribution >= 0.6 is 0 Å². The van der Waals surface area contributed by atoms with Gasteiger partial charge in [-0.15, -0.1) is 0 Å². The van der Waals surface area contributed by atoms with Gasteiger partial charge in [0.15, 0.2) is 15.6 Å². The van der Waals surface area contributed by atoms with Crippen molar-refractivity contribution in [3.63, 3.8) is 0 Å². The lowest BCUT2D eigenvalue weighted by atomic mass is 9.92. The Morgan fingerprint density at radius 2 is 1.57 bits per heavy atom. The summed E-state index contributed by atoms with van der Waals surface area (Å²) < 4.78 is 67.1. The zero-order valence-electron chi connectivity index (χ0n) is 16.2. The van der Waals surface area contributed by atoms with Crippen LogP contribution in [0.2, 0.25) is 0 Å². The number of carbonyl (C=O) groups excluding carboxylic acids is 1. The van der Waals surface area contributed by atoms with Gasteiger partial charge in [0.1, 0.15) is 10.5 Å². The number of hydrogen-bond donors (Lipinski definition) is 0. The van der Waals surface area contributed by atoms with Gasteiger partial charge < -0.3 is 4.52 Å². The van der Waals surface area contributed by atoms with E-state index in [9.17, 15) is 26.4 Å². The number of Topliss-reactive ketones (excluding diaryl/α,β-unsaturated/α-hetero) is 1. The normalized spacial score (nSPS) is 13.6. The van der Waals surface area contributed by atoms with E-state index in [0.29, 0.717) is 23.6 Å². The number of benzene rings is 1. The molecule has 1 aromatic carbocycles. The summed E-state index contributed by atoms with van der Waals surface area (Å²) in [5, 5.41) is 3.81. The predicted molar refractivity (Wildman–Crippen MR) is 96.6 cm³/mol. The quantitative estimate of drug-likeness (QED) is 0.723. The summed E-state index contributed by atoms with van der Waals surface area (Å²) in [7, 11) is -4.22. The van der Waals surface area contributed by atoms with E-state index < -0.39 is 32.1 Å². The molecule has 0 aliphatic rings. The minimum absolute atomic E-state index is 0.271. The van der Waals surface area contributed by atoms with Gasteiger partial charge in [-0.25, -0.2) is 8.42 Å². The van der Waals surface area contributed by atoms with Gasteiger partial charge in [0.2, 0.25) is 0 Å². The number of alkyl halides is 3. The Kier molecular flexibility index (Phi) is 5.55. The monoisotopic (exact) mass is 417 g/mol. The first kappa shape index (κ1) is 22.1. The Morgan fingerprint density at radius 3 is 2.00 bits per heavy atom. The maximum Gasteiger partial charge on any atom is 0.416 e. The molecule has 0 saturated heterocycles. The van der Waals surface area contributed by atoms with Gasteiger partial charge in [-0.2, -0.15) is 13.2 Å². The van der Waals surface area contributed by atoms with Crippen LogP contribution in [0.15, 0.2) is 39.8 Å². The molecular formula is C19H22F3NO4S. The third-order valence-corrected chi connectivity index (χ3v) is 6.94. The van der Waals surface area contributed by atoms with E-state index in [4.69, 9.17) is 4.52 Å². The van der Waals surface area contributed by atoms with E-state index in [1.807, 2.05) is 20.8 Å². The molecule has 5 nitrogen and oxygen atoms in total. The van der Waals surface area contributed by atoms with Crippen LogP contribution in [0.1, 0.15) is 51.6 Å². The summed E-state index contributed by atoms with van der Waals surface area (Å²) in [6.07, 6.45) is -4.85. The number of ketones is 1. The smallest absolute Gasteiger partial charge is 0.361 e. The number of hydrogen-bond acceptors (Lipinski definition) is 5. The van der Waals surface area contributed by atoms with E-state index in [2.05, 4.69) is 5.16 Å². The number of carbonyl (C=O) groups is 1. The minimum Gasteiger partial charge on any atom is -0.361 e. The Labute approximate surface area is 161 Å². The summed E-state index contributed by atoms with van der Waals surface area (Å²) in [6, 6.07) is 4.68. The van der Waals surface area contributed by atoms with Crippen LogP contribution in [0.3, 0.4) is 0 Å². The molecule has 0 radical (unpaired) electrons. The molecule has 0 aliphatic carbocycles. The van der Waals surface area contributed by atoms with E-state index >= 15 is 0 Å². The van der Waals surface area contributed by atoms with Gasteiger partial charge in [0, 0.05) is 11.5 Å². The molecule has 0 saturated carbocycles. The summed E-state index contributed by atoms with van der Waals surface area (Å²) in [5.74, 6) is -0.0835. The summed E-state index contributed by atoms with van der Waals surface area (Å²) in [6.45, 7) is 8.16. The van der Waals surface area contributed by atoms with Crippen LogP contribution in [-0.2, 0) is 32.6 Å². The van der Waals surface area contributed by atoms with E-state index in [1.165, 1.54) is 13.8 Å². The van der Waals surface area contributed by atoms with E-state index in [1.54, 1.807) is 6.07 Å². The van der Waals surface area contributed by atoms with Gasteiger partial charge in [0.25, 0.3) is 0 Å². The fourth-order valence-corrected chi connectivity index (χ4v) is 3.85. The third kappa shape index (κ3) is 4.29. The second kappa shape index (κ2) is 7.02. The molecule has 0 amide bonds. The van der Waals surface area contributed by atoms with E-state index in [0.717, 1.165) is 12.1 Å². The summed E-state index contributed by atoms with van der Waals surface area (Å²) in [4.78, 5) is 12.3. The second-order valence-electron chi connectivity index (χ2n) is 8.07. The molecule has 1 heterocycles. The molecule has 0 fully saturated rings. The molecular weight excluding hydrogens is 395 g/mol. The molecule has 2 aromatic rings. The van der Waals surface area contributed by atoms with Crippen molar-refractivity contribution >= 4 is 15.6 Å². The highest BCUT2D eigenvalue weighted by Crippen LogP contribution is 2.33. The fraction of sp³-hybridized carbons (Fsp3) is 0.474. The first-order valence-corrected chi connectivity index (χ1v) is 9.96. The molecule has 0 N–H and O–H groups in total. The lowest BCUT2D eigenvalue weighted by molar-refractivity contribution is -0.137. The highest BCUT2D eigenvalue weighted by molar-refractivity contribution is 7.93. The third-order valence-electron chi connectivity index (χ3n) is 4.48. The first-order valence-electron chi connectivity index (χ1n) is 8.48. The highest BCUT2D eigenvalue weighted by atomic mass is 32.2. The minimum atomic E-state index is -4.58. The van der Waals surface area contributed by atoms with Crippen LogP contribution in [0.4, 0.5) is 13.2 Å². The maximum absolute atomic E-state index is 12.9. The van der Waals surface area contributed by atoms with Crippen LogP contribution in [0.5, 0.6) is 0 Å². The van der Waals surface area contributed by atoms with Crippen molar-refractivity contribution in [2.24, 2.45) is 0 Å². The lowest BCUT2D eigenvalue weighted by Gasteiger charge is -2.23. The van der Waals surface area contributed by atoms with Gasteiger partial charge in [-0.05, 0) is 38.1 Å². The molecule has 0 spiro atoms. The highest BCUT2D eigenvalue weighted by Gasteiger charge is 2.43. The largest absolute Gasteiger partial charge is 0.416 e. The van der Waals surface area contributed by atoms with Crippen molar-refractivity contribution in [2.45, 2.75) is 62.3 Å². The maximum atomic E-state index is 12.9. The van der Waals surface area contributed by atoms with Crippen LogP contribution in [0, 0.1) is 0 Å². The molecule has 2 rings (SSSR count). The second-order valence-corrected chi connectivity index (χ2v) is 10.6. The molecule has 0 atom stereocenters. The lowest BCUT2D eigenvalue weighted by Crippen LogP contribution is -2.41. The molecule has 0 aliphatic heterocycles. The Morgan fingerprint density at radius 1 is 1.04 bits per heavy atom. The van der Waals surface area contributed by atoms with Crippen molar-refractivity contribution < 1.29 is 30.9 Å². The number of halogens is 3. The zero-order valence-corrected chi connectivity index (χ0v) is 17.0. The van der Waals surface area contributed by atoms with Crippen molar-refractivity contribution in [2.75, 3.05) is 0 Å². The van der Waals surface area contributed by atoms with Gasteiger partial charge >= 0.3 is 6.18 Å². The summed E-state index contributed by atoms with van der Waals surface area (Å²) in [5.41, 5.74) is -0.991. The van der Waals surface area contributed by atoms with Crippen molar-refractivity contribution in [3.05, 3.63) is 47.3 Å². The first-order chi connectivity index (χ1) is 12.6. The summed E-state index contributed by atoms with van der Waals surface area (Å²) >= 11 is 0. The predicted octanol–water partition coefficient (Wildman–Crippen LogP) is 4.36. The zero-order chi connectivity index (χ0) is 21.5. The molecule has 1 aromatic heterocycles. The van der Waals surface area contributed by atoms with Crippen molar-refractivity contribution in [1.29, 1.82) is 0 Å². The molecule has 28 heavy (non-hydrogen) atoms. The van der Waals surface area contributed by atoms with Gasteiger partial charge in [0.05, 0.1) is 22.6 Å². The molecule has 154 valence electrons. The Bertz CT molecular complexity index is 966. The topological polar surface area (TPSA) is 77.2 Å². The number of nitrogens with zero attached hydrogens (tertiary/aromatic N) is 1. The average molecular weight is 417 g/mol. The molecule has 0 unspecified atom stereocenters. The van der Waals surface area contributed by atoms with E-state index in [-0.39, 0.29) is 16.7 Å². The Hall–Kier alpha value is -2.16. The van der Waals surface area contributed by atoms with Gasteiger partial charge in [-0.1, -0.05) is 25.9 Å². The fourth-order valence-electron chi connectivity index (χ4n) is 2.39. The number of rotatable bonds is 5. The molecule has 9 heteroatoms.